The number of pyridine rings is 1. The number of carbonyl (C=O) groups excluding carboxylic acids is 1. The molecule has 12 heavy (non-hydrogen) atoms. The second-order valence-corrected chi connectivity index (χ2v) is 1.93. The summed E-state index contributed by atoms with van der Waals surface area (Å²) in [5.74, 6) is -0.162. The first kappa shape index (κ1) is 10.7. The van der Waals surface area contributed by atoms with Crippen LogP contribution in [0.4, 0.5) is 0 Å². The van der Waals surface area contributed by atoms with Crippen LogP contribution in [0.1, 0.15) is 10.5 Å². The van der Waals surface area contributed by atoms with E-state index >= 15 is 0 Å². The molecule has 0 unspecified atom stereocenters. The van der Waals surface area contributed by atoms with E-state index in [1.807, 2.05) is 0 Å². The molecule has 0 radical (unpaired) electrons. The summed E-state index contributed by atoms with van der Waals surface area (Å²) >= 11 is 0. The summed E-state index contributed by atoms with van der Waals surface area (Å²) in [7, 11) is 1.48. The molecule has 1 rings (SSSR count). The highest BCUT2D eigenvalue weighted by molar-refractivity contribution is 5.90. The Kier molecular flexibility index (Phi) is 4.07. The molecule has 1 amide bonds. The predicted octanol–water partition coefficient (Wildman–Crippen LogP) is 0.611. The summed E-state index contributed by atoms with van der Waals surface area (Å²) in [4.78, 5) is 14.4. The monoisotopic (exact) mass is 188 g/mol. The van der Waals surface area contributed by atoms with Crippen molar-refractivity contribution in [2.24, 2.45) is 5.73 Å². The summed E-state index contributed by atoms with van der Waals surface area (Å²) in [5, 5.41) is 0. The zero-order valence-corrected chi connectivity index (χ0v) is 7.30. The summed E-state index contributed by atoms with van der Waals surface area (Å²) in [5.41, 5.74) is 5.19. The number of primary amides is 1. The van der Waals surface area contributed by atoms with Crippen LogP contribution in [0.2, 0.25) is 0 Å². The summed E-state index contributed by atoms with van der Waals surface area (Å²) < 4.78 is 4.79. The number of methoxy groups -OCH3 is 1. The third kappa shape index (κ3) is 2.39. The number of carbonyl (C=O) groups is 1. The van der Waals surface area contributed by atoms with Gasteiger partial charge in [-0.3, -0.25) is 4.79 Å². The Hall–Kier alpha value is -1.29. The quantitative estimate of drug-likeness (QED) is 0.740. The Morgan fingerprint density at radius 2 is 2.25 bits per heavy atom. The second-order valence-electron chi connectivity index (χ2n) is 1.93. The average Bonchev–Trinajstić information content (AvgIpc) is 2.05. The summed E-state index contributed by atoms with van der Waals surface area (Å²) in [6, 6.07) is 4.84. The van der Waals surface area contributed by atoms with Gasteiger partial charge in [0.15, 0.2) is 0 Å². The van der Waals surface area contributed by atoms with Crippen molar-refractivity contribution < 1.29 is 9.53 Å². The topological polar surface area (TPSA) is 65.2 Å². The van der Waals surface area contributed by atoms with Crippen LogP contribution < -0.4 is 10.5 Å². The third-order valence-electron chi connectivity index (χ3n) is 1.19. The fourth-order valence-corrected chi connectivity index (χ4v) is 0.666. The van der Waals surface area contributed by atoms with E-state index in [1.54, 1.807) is 12.1 Å². The normalized spacial score (nSPS) is 8.42. The van der Waals surface area contributed by atoms with E-state index in [0.29, 0.717) is 5.88 Å². The van der Waals surface area contributed by atoms with Gasteiger partial charge in [-0.2, -0.15) is 0 Å². The molecule has 0 bridgehead atoms. The second kappa shape index (κ2) is 4.56. The first-order chi connectivity index (χ1) is 5.24. The largest absolute Gasteiger partial charge is 0.481 e. The van der Waals surface area contributed by atoms with E-state index in [4.69, 9.17) is 10.5 Å². The standard InChI is InChI=1S/C7H8N2O2.ClH/c1-11-6-4-2-3-5(9-6)7(8)10;/h2-4H,1H3,(H2,8,10);1H. The molecule has 1 aromatic rings. The van der Waals surface area contributed by atoms with Crippen LogP contribution in [0.3, 0.4) is 0 Å². The van der Waals surface area contributed by atoms with E-state index in [-0.39, 0.29) is 18.1 Å². The summed E-state index contributed by atoms with van der Waals surface area (Å²) in [6.07, 6.45) is 0. The Morgan fingerprint density at radius 1 is 1.58 bits per heavy atom. The van der Waals surface area contributed by atoms with Crippen LogP contribution in [0.15, 0.2) is 18.2 Å². The highest BCUT2D eigenvalue weighted by Crippen LogP contribution is 2.05. The lowest BCUT2D eigenvalue weighted by Crippen LogP contribution is -2.12. The molecule has 0 saturated carbocycles. The van der Waals surface area contributed by atoms with Crippen molar-refractivity contribution in [3.05, 3.63) is 23.9 Å². The fourth-order valence-electron chi connectivity index (χ4n) is 0.666. The molecule has 0 aliphatic carbocycles. The van der Waals surface area contributed by atoms with Crippen LogP contribution in [0.5, 0.6) is 5.88 Å². The van der Waals surface area contributed by atoms with Crippen LogP contribution in [0, 0.1) is 0 Å². The number of hydrogen-bond acceptors (Lipinski definition) is 3. The maximum Gasteiger partial charge on any atom is 0.267 e. The van der Waals surface area contributed by atoms with Gasteiger partial charge < -0.3 is 10.5 Å². The maximum absolute atomic E-state index is 10.6. The Balaban J connectivity index is 0.00000121. The molecule has 0 spiro atoms. The molecule has 5 heteroatoms. The van der Waals surface area contributed by atoms with Crippen LogP contribution in [0.25, 0.3) is 0 Å². The number of amides is 1. The number of hydrogen-bond donors (Lipinski definition) is 1. The highest BCUT2D eigenvalue weighted by Gasteiger charge is 2.01. The molecule has 0 fully saturated rings. The number of nitrogens with zero attached hydrogens (tertiary/aromatic N) is 1. The molecule has 2 N–H and O–H groups in total. The number of halogens is 1. The number of rotatable bonds is 2. The lowest BCUT2D eigenvalue weighted by molar-refractivity contribution is 0.0994. The van der Waals surface area contributed by atoms with Gasteiger partial charge in [0.1, 0.15) is 5.69 Å². The minimum atomic E-state index is -0.552. The smallest absolute Gasteiger partial charge is 0.267 e. The van der Waals surface area contributed by atoms with E-state index in [2.05, 4.69) is 4.98 Å². The van der Waals surface area contributed by atoms with Gasteiger partial charge in [-0.1, -0.05) is 6.07 Å². The highest BCUT2D eigenvalue weighted by atomic mass is 35.5. The van der Waals surface area contributed by atoms with Crippen molar-refractivity contribution >= 4 is 18.3 Å². The first-order valence-electron chi connectivity index (χ1n) is 3.05. The molecule has 0 aliphatic rings. The molecule has 0 saturated heterocycles. The lowest BCUT2D eigenvalue weighted by atomic mass is 10.3. The van der Waals surface area contributed by atoms with Crippen molar-refractivity contribution in [2.45, 2.75) is 0 Å². The van der Waals surface area contributed by atoms with Gasteiger partial charge in [0.2, 0.25) is 5.88 Å². The number of ether oxygens (including phenoxy) is 1. The van der Waals surface area contributed by atoms with Crippen molar-refractivity contribution in [1.29, 1.82) is 0 Å². The van der Waals surface area contributed by atoms with Gasteiger partial charge in [-0.05, 0) is 6.07 Å². The van der Waals surface area contributed by atoms with Crippen molar-refractivity contribution in [3.8, 4) is 5.88 Å². The van der Waals surface area contributed by atoms with Gasteiger partial charge in [0.05, 0.1) is 7.11 Å². The van der Waals surface area contributed by atoms with E-state index < -0.39 is 5.91 Å². The van der Waals surface area contributed by atoms with Gasteiger partial charge in [0.25, 0.3) is 5.91 Å². The van der Waals surface area contributed by atoms with Gasteiger partial charge in [0, 0.05) is 6.07 Å². The molecule has 1 heterocycles. The van der Waals surface area contributed by atoms with Gasteiger partial charge in [-0.25, -0.2) is 4.98 Å². The van der Waals surface area contributed by atoms with Crippen LogP contribution in [-0.4, -0.2) is 18.0 Å². The van der Waals surface area contributed by atoms with Crippen LogP contribution >= 0.6 is 12.4 Å². The van der Waals surface area contributed by atoms with E-state index in [0.717, 1.165) is 0 Å². The molecule has 66 valence electrons. The predicted molar refractivity (Wildman–Crippen MR) is 46.6 cm³/mol. The van der Waals surface area contributed by atoms with Crippen molar-refractivity contribution in [3.63, 3.8) is 0 Å². The molecular weight excluding hydrogens is 180 g/mol. The van der Waals surface area contributed by atoms with Gasteiger partial charge in [-0.15, -0.1) is 12.4 Å². The lowest BCUT2D eigenvalue weighted by Gasteiger charge is -1.98. The molecule has 0 aliphatic heterocycles. The third-order valence-corrected chi connectivity index (χ3v) is 1.19. The minimum Gasteiger partial charge on any atom is -0.481 e. The Labute approximate surface area is 76.1 Å². The zero-order chi connectivity index (χ0) is 8.27. The van der Waals surface area contributed by atoms with Crippen molar-refractivity contribution in [1.82, 2.24) is 4.98 Å². The number of nitrogens with two attached hydrogens (primary N) is 1. The van der Waals surface area contributed by atoms with Crippen molar-refractivity contribution in [2.75, 3.05) is 7.11 Å². The molecule has 1 aromatic heterocycles. The first-order valence-corrected chi connectivity index (χ1v) is 3.05. The maximum atomic E-state index is 10.6. The average molecular weight is 189 g/mol. The molecule has 0 atom stereocenters. The summed E-state index contributed by atoms with van der Waals surface area (Å²) in [6.45, 7) is 0. The molecule has 4 nitrogen and oxygen atoms in total. The Morgan fingerprint density at radius 3 is 2.75 bits per heavy atom. The van der Waals surface area contributed by atoms with Gasteiger partial charge >= 0.3 is 0 Å². The molecular formula is C7H9ClN2O2. The van der Waals surface area contributed by atoms with E-state index in [1.165, 1.54) is 13.2 Å². The van der Waals surface area contributed by atoms with E-state index in [9.17, 15) is 4.79 Å². The number of aromatic nitrogens is 1. The zero-order valence-electron chi connectivity index (χ0n) is 6.48. The SMILES string of the molecule is COc1cccc(C(N)=O)n1.Cl. The fraction of sp³-hybridized carbons (Fsp3) is 0.143. The molecule has 0 aromatic carbocycles. The van der Waals surface area contributed by atoms with Crippen LogP contribution in [-0.2, 0) is 0 Å². The Bertz CT molecular complexity index is 278. The minimum absolute atomic E-state index is 0.